The van der Waals surface area contributed by atoms with Crippen LogP contribution in [0.4, 0.5) is 5.69 Å². The largest absolute Gasteiger partial charge is 0.352 e. The summed E-state index contributed by atoms with van der Waals surface area (Å²) >= 11 is 3.37. The molecular formula is C17H17BrN2O2. The molecule has 2 aromatic carbocycles. The number of carbonyl (C=O) groups excluding carboxylic acids is 2. The van der Waals surface area contributed by atoms with Crippen molar-refractivity contribution in [2.45, 2.75) is 19.9 Å². The second-order valence-electron chi connectivity index (χ2n) is 4.95. The fraction of sp³-hybridized carbons (Fsp3) is 0.176. The Labute approximate surface area is 138 Å². The normalized spacial score (nSPS) is 10.1. The van der Waals surface area contributed by atoms with E-state index in [9.17, 15) is 9.59 Å². The molecule has 0 bridgehead atoms. The van der Waals surface area contributed by atoms with E-state index in [-0.39, 0.29) is 18.2 Å². The lowest BCUT2D eigenvalue weighted by atomic mass is 10.2. The van der Waals surface area contributed by atoms with Gasteiger partial charge < -0.3 is 10.6 Å². The molecule has 0 saturated carbocycles. The van der Waals surface area contributed by atoms with Gasteiger partial charge in [0, 0.05) is 16.7 Å². The van der Waals surface area contributed by atoms with Crippen molar-refractivity contribution in [3.63, 3.8) is 0 Å². The van der Waals surface area contributed by atoms with Gasteiger partial charge in [0.2, 0.25) is 11.8 Å². The van der Waals surface area contributed by atoms with Crippen molar-refractivity contribution in [1.82, 2.24) is 5.32 Å². The zero-order valence-corrected chi connectivity index (χ0v) is 13.8. The highest BCUT2D eigenvalue weighted by molar-refractivity contribution is 9.10. The SMILES string of the molecule is Cc1cc(Br)ccc1NC(=O)CC(=O)NCc1ccccc1. The van der Waals surface area contributed by atoms with E-state index in [1.165, 1.54) is 0 Å². The number of hydrogen-bond acceptors (Lipinski definition) is 2. The summed E-state index contributed by atoms with van der Waals surface area (Å²) in [6, 6.07) is 15.1. The van der Waals surface area contributed by atoms with Crippen LogP contribution in [0.5, 0.6) is 0 Å². The topological polar surface area (TPSA) is 58.2 Å². The number of rotatable bonds is 5. The lowest BCUT2D eigenvalue weighted by Gasteiger charge is -2.09. The molecule has 0 aliphatic carbocycles. The van der Waals surface area contributed by atoms with Gasteiger partial charge in [-0.05, 0) is 36.2 Å². The van der Waals surface area contributed by atoms with Gasteiger partial charge in [-0.2, -0.15) is 0 Å². The van der Waals surface area contributed by atoms with E-state index < -0.39 is 0 Å². The van der Waals surface area contributed by atoms with Crippen LogP contribution in [0.1, 0.15) is 17.5 Å². The third kappa shape index (κ3) is 5.00. The molecule has 2 aromatic rings. The lowest BCUT2D eigenvalue weighted by molar-refractivity contribution is -0.126. The molecule has 0 aromatic heterocycles. The molecular weight excluding hydrogens is 344 g/mol. The van der Waals surface area contributed by atoms with E-state index in [1.54, 1.807) is 6.07 Å². The van der Waals surface area contributed by atoms with E-state index in [4.69, 9.17) is 0 Å². The maximum Gasteiger partial charge on any atom is 0.233 e. The summed E-state index contributed by atoms with van der Waals surface area (Å²) in [6.07, 6.45) is -0.192. The highest BCUT2D eigenvalue weighted by Gasteiger charge is 2.10. The smallest absolute Gasteiger partial charge is 0.233 e. The Hall–Kier alpha value is -2.14. The quantitative estimate of drug-likeness (QED) is 0.802. The van der Waals surface area contributed by atoms with Crippen molar-refractivity contribution in [3.05, 3.63) is 64.1 Å². The van der Waals surface area contributed by atoms with Gasteiger partial charge in [0.25, 0.3) is 0 Å². The number of hydrogen-bond donors (Lipinski definition) is 2. The third-order valence-electron chi connectivity index (χ3n) is 3.12. The van der Waals surface area contributed by atoms with Crippen LogP contribution < -0.4 is 10.6 Å². The maximum absolute atomic E-state index is 11.9. The fourth-order valence-electron chi connectivity index (χ4n) is 1.97. The molecule has 0 radical (unpaired) electrons. The van der Waals surface area contributed by atoms with Gasteiger partial charge in [0.15, 0.2) is 0 Å². The number of halogens is 1. The molecule has 0 heterocycles. The molecule has 2 N–H and O–H groups in total. The highest BCUT2D eigenvalue weighted by Crippen LogP contribution is 2.20. The number of amides is 2. The van der Waals surface area contributed by atoms with Crippen molar-refractivity contribution >= 4 is 33.4 Å². The van der Waals surface area contributed by atoms with Crippen molar-refractivity contribution in [2.24, 2.45) is 0 Å². The summed E-state index contributed by atoms with van der Waals surface area (Å²) in [4.78, 5) is 23.7. The number of carbonyl (C=O) groups is 2. The van der Waals surface area contributed by atoms with E-state index in [1.807, 2.05) is 49.4 Å². The van der Waals surface area contributed by atoms with Gasteiger partial charge in [0.1, 0.15) is 6.42 Å². The summed E-state index contributed by atoms with van der Waals surface area (Å²) in [5.74, 6) is -0.618. The monoisotopic (exact) mass is 360 g/mol. The van der Waals surface area contributed by atoms with Crippen LogP contribution in [0.15, 0.2) is 53.0 Å². The number of aryl methyl sites for hydroxylation is 1. The summed E-state index contributed by atoms with van der Waals surface area (Å²) in [6.45, 7) is 2.32. The summed E-state index contributed by atoms with van der Waals surface area (Å²) in [7, 11) is 0. The average Bonchev–Trinajstić information content (AvgIpc) is 2.49. The van der Waals surface area contributed by atoms with Gasteiger partial charge in [-0.1, -0.05) is 46.3 Å². The first-order valence-electron chi connectivity index (χ1n) is 6.91. The number of benzene rings is 2. The van der Waals surface area contributed by atoms with Gasteiger partial charge >= 0.3 is 0 Å². The molecule has 5 heteroatoms. The molecule has 0 aliphatic heterocycles. The van der Waals surface area contributed by atoms with Crippen molar-refractivity contribution in [1.29, 1.82) is 0 Å². The zero-order chi connectivity index (χ0) is 15.9. The summed E-state index contributed by atoms with van der Waals surface area (Å²) in [5.41, 5.74) is 2.65. The number of anilines is 1. The third-order valence-corrected chi connectivity index (χ3v) is 3.61. The Morgan fingerprint density at radius 3 is 2.45 bits per heavy atom. The second kappa shape index (κ2) is 7.75. The molecule has 0 fully saturated rings. The van der Waals surface area contributed by atoms with Crippen LogP contribution in [-0.2, 0) is 16.1 Å². The molecule has 0 unspecified atom stereocenters. The molecule has 0 spiro atoms. The molecule has 0 aliphatic rings. The van der Waals surface area contributed by atoms with Crippen molar-refractivity contribution in [3.8, 4) is 0 Å². The Balaban J connectivity index is 1.82. The van der Waals surface area contributed by atoms with E-state index in [2.05, 4.69) is 26.6 Å². The van der Waals surface area contributed by atoms with Crippen LogP contribution >= 0.6 is 15.9 Å². The van der Waals surface area contributed by atoms with Crippen LogP contribution in [0, 0.1) is 6.92 Å². The first-order chi connectivity index (χ1) is 10.5. The van der Waals surface area contributed by atoms with Crippen LogP contribution in [-0.4, -0.2) is 11.8 Å². The zero-order valence-electron chi connectivity index (χ0n) is 12.2. The lowest BCUT2D eigenvalue weighted by Crippen LogP contribution is -2.27. The molecule has 0 atom stereocenters. The summed E-state index contributed by atoms with van der Waals surface area (Å²) < 4.78 is 0.948. The van der Waals surface area contributed by atoms with Crippen LogP contribution in [0.2, 0.25) is 0 Å². The first-order valence-corrected chi connectivity index (χ1v) is 7.70. The summed E-state index contributed by atoms with van der Waals surface area (Å²) in [5, 5.41) is 5.48. The first kappa shape index (κ1) is 16.2. The predicted molar refractivity (Wildman–Crippen MR) is 90.4 cm³/mol. The number of nitrogens with one attached hydrogen (secondary N) is 2. The van der Waals surface area contributed by atoms with Gasteiger partial charge in [-0.15, -0.1) is 0 Å². The Morgan fingerprint density at radius 2 is 1.77 bits per heavy atom. The van der Waals surface area contributed by atoms with E-state index in [0.29, 0.717) is 12.2 Å². The molecule has 4 nitrogen and oxygen atoms in total. The van der Waals surface area contributed by atoms with Crippen LogP contribution in [0.3, 0.4) is 0 Å². The molecule has 114 valence electrons. The minimum absolute atomic E-state index is 0.192. The standard InChI is InChI=1S/C17H17BrN2O2/c1-12-9-14(18)7-8-15(12)20-17(22)10-16(21)19-11-13-5-3-2-4-6-13/h2-9H,10-11H2,1H3,(H,19,21)(H,20,22). The van der Waals surface area contributed by atoms with Gasteiger partial charge in [-0.3, -0.25) is 9.59 Å². The molecule has 2 rings (SSSR count). The predicted octanol–water partition coefficient (Wildman–Crippen LogP) is 3.40. The van der Waals surface area contributed by atoms with E-state index >= 15 is 0 Å². The molecule has 2 amide bonds. The fourth-order valence-corrected chi connectivity index (χ4v) is 2.44. The second-order valence-corrected chi connectivity index (χ2v) is 5.86. The van der Waals surface area contributed by atoms with Crippen molar-refractivity contribution in [2.75, 3.05) is 5.32 Å². The van der Waals surface area contributed by atoms with Crippen LogP contribution in [0.25, 0.3) is 0 Å². The van der Waals surface area contributed by atoms with Gasteiger partial charge in [0.05, 0.1) is 0 Å². The molecule has 22 heavy (non-hydrogen) atoms. The van der Waals surface area contributed by atoms with Crippen molar-refractivity contribution < 1.29 is 9.59 Å². The minimum Gasteiger partial charge on any atom is -0.352 e. The Bertz CT molecular complexity index is 672. The Morgan fingerprint density at radius 1 is 1.05 bits per heavy atom. The average molecular weight is 361 g/mol. The maximum atomic E-state index is 11.9. The molecule has 0 saturated heterocycles. The Kier molecular flexibility index (Phi) is 5.72. The van der Waals surface area contributed by atoms with Gasteiger partial charge in [-0.25, -0.2) is 0 Å². The highest BCUT2D eigenvalue weighted by atomic mass is 79.9. The van der Waals surface area contributed by atoms with E-state index in [0.717, 1.165) is 15.6 Å². The minimum atomic E-state index is -0.323.